The predicted octanol–water partition coefficient (Wildman–Crippen LogP) is -0.175. The zero-order valence-corrected chi connectivity index (χ0v) is 10.3. The van der Waals surface area contributed by atoms with E-state index in [1.807, 2.05) is 6.92 Å². The smallest absolute Gasteiger partial charge is 0.305 e. The van der Waals surface area contributed by atoms with Crippen molar-refractivity contribution in [3.63, 3.8) is 0 Å². The van der Waals surface area contributed by atoms with Gasteiger partial charge in [0, 0.05) is 25.3 Å². The summed E-state index contributed by atoms with van der Waals surface area (Å²) >= 11 is 0. The number of carbonyl (C=O) groups is 2. The molecule has 1 amide bonds. The second-order valence-corrected chi connectivity index (χ2v) is 3.96. The Morgan fingerprint density at radius 2 is 2.33 bits per heavy atom. The SMILES string of the molecule is CCC(CC(=O)O)NC(=O)c1cn(CCN)cn1. The number of amides is 1. The summed E-state index contributed by atoms with van der Waals surface area (Å²) < 4.78 is 1.72. The molecule has 0 spiro atoms. The van der Waals surface area contributed by atoms with Crippen LogP contribution in [0.15, 0.2) is 12.5 Å². The molecule has 0 bridgehead atoms. The molecule has 18 heavy (non-hydrogen) atoms. The molecule has 0 saturated heterocycles. The number of nitrogens with zero attached hydrogens (tertiary/aromatic N) is 2. The first-order chi connectivity index (χ1) is 8.56. The number of aliphatic carboxylic acids is 1. The van der Waals surface area contributed by atoms with Gasteiger partial charge in [-0.1, -0.05) is 6.92 Å². The van der Waals surface area contributed by atoms with Crippen LogP contribution in [0, 0.1) is 0 Å². The van der Waals surface area contributed by atoms with Crippen molar-refractivity contribution in [3.8, 4) is 0 Å². The summed E-state index contributed by atoms with van der Waals surface area (Å²) in [5.41, 5.74) is 5.66. The van der Waals surface area contributed by atoms with E-state index >= 15 is 0 Å². The standard InChI is InChI=1S/C11H18N4O3/c1-2-8(5-10(16)17)14-11(18)9-6-15(4-3-12)7-13-9/h6-8H,2-5,12H2,1H3,(H,14,18)(H,16,17). The Kier molecular flexibility index (Phi) is 5.31. The highest BCUT2D eigenvalue weighted by Crippen LogP contribution is 2.01. The number of hydrogen-bond acceptors (Lipinski definition) is 4. The second-order valence-electron chi connectivity index (χ2n) is 3.96. The van der Waals surface area contributed by atoms with Crippen LogP contribution >= 0.6 is 0 Å². The molecule has 1 unspecified atom stereocenters. The van der Waals surface area contributed by atoms with E-state index in [9.17, 15) is 9.59 Å². The Hall–Kier alpha value is -1.89. The second kappa shape index (κ2) is 6.75. The molecule has 4 N–H and O–H groups in total. The van der Waals surface area contributed by atoms with Crippen LogP contribution in [0.1, 0.15) is 30.3 Å². The Morgan fingerprint density at radius 3 is 2.89 bits per heavy atom. The number of aromatic nitrogens is 2. The maximum atomic E-state index is 11.8. The maximum absolute atomic E-state index is 11.8. The lowest BCUT2D eigenvalue weighted by atomic mass is 10.1. The lowest BCUT2D eigenvalue weighted by molar-refractivity contribution is -0.137. The summed E-state index contributed by atoms with van der Waals surface area (Å²) in [5.74, 6) is -1.30. The molecule has 1 rings (SSSR count). The number of carboxylic acids is 1. The summed E-state index contributed by atoms with van der Waals surface area (Å²) in [6.45, 7) is 2.88. The van der Waals surface area contributed by atoms with Gasteiger partial charge in [0.15, 0.2) is 0 Å². The fourth-order valence-electron chi connectivity index (χ4n) is 1.52. The molecule has 0 radical (unpaired) electrons. The van der Waals surface area contributed by atoms with E-state index in [0.717, 1.165) is 0 Å². The molecule has 1 atom stereocenters. The van der Waals surface area contributed by atoms with Gasteiger partial charge in [0.25, 0.3) is 5.91 Å². The number of carboxylic acid groups (broad SMARTS) is 1. The van der Waals surface area contributed by atoms with E-state index in [2.05, 4.69) is 10.3 Å². The van der Waals surface area contributed by atoms with Crippen LogP contribution < -0.4 is 11.1 Å². The van der Waals surface area contributed by atoms with Crippen LogP contribution in [-0.4, -0.2) is 39.1 Å². The molecular formula is C11H18N4O3. The van der Waals surface area contributed by atoms with E-state index in [4.69, 9.17) is 10.8 Å². The third-order valence-corrected chi connectivity index (χ3v) is 2.50. The zero-order chi connectivity index (χ0) is 13.5. The minimum atomic E-state index is -0.934. The van der Waals surface area contributed by atoms with Gasteiger partial charge in [-0.2, -0.15) is 0 Å². The summed E-state index contributed by atoms with van der Waals surface area (Å²) in [5, 5.41) is 11.3. The molecule has 1 heterocycles. The Morgan fingerprint density at radius 1 is 1.61 bits per heavy atom. The largest absolute Gasteiger partial charge is 0.481 e. The van der Waals surface area contributed by atoms with Crippen LogP contribution in [0.4, 0.5) is 0 Å². The summed E-state index contributed by atoms with van der Waals surface area (Å²) in [6.07, 6.45) is 3.59. The average molecular weight is 254 g/mol. The van der Waals surface area contributed by atoms with E-state index in [0.29, 0.717) is 19.5 Å². The van der Waals surface area contributed by atoms with Crippen LogP contribution in [0.2, 0.25) is 0 Å². The van der Waals surface area contributed by atoms with E-state index in [1.54, 1.807) is 10.8 Å². The van der Waals surface area contributed by atoms with Crippen molar-refractivity contribution in [1.29, 1.82) is 0 Å². The van der Waals surface area contributed by atoms with Crippen molar-refractivity contribution in [3.05, 3.63) is 18.2 Å². The van der Waals surface area contributed by atoms with Crippen LogP contribution in [0.3, 0.4) is 0 Å². The fraction of sp³-hybridized carbons (Fsp3) is 0.545. The summed E-state index contributed by atoms with van der Waals surface area (Å²) in [7, 11) is 0. The van der Waals surface area contributed by atoms with Gasteiger partial charge in [-0.05, 0) is 6.42 Å². The minimum absolute atomic E-state index is 0.0915. The van der Waals surface area contributed by atoms with Gasteiger partial charge in [0.05, 0.1) is 12.7 Å². The first-order valence-electron chi connectivity index (χ1n) is 5.81. The van der Waals surface area contributed by atoms with Gasteiger partial charge in [-0.15, -0.1) is 0 Å². The minimum Gasteiger partial charge on any atom is -0.481 e. The fourth-order valence-corrected chi connectivity index (χ4v) is 1.52. The van der Waals surface area contributed by atoms with Gasteiger partial charge >= 0.3 is 5.97 Å². The highest BCUT2D eigenvalue weighted by Gasteiger charge is 2.16. The highest BCUT2D eigenvalue weighted by atomic mass is 16.4. The lowest BCUT2D eigenvalue weighted by Gasteiger charge is -2.13. The van der Waals surface area contributed by atoms with Crippen molar-refractivity contribution < 1.29 is 14.7 Å². The summed E-state index contributed by atoms with van der Waals surface area (Å²) in [6, 6.07) is -0.380. The van der Waals surface area contributed by atoms with Crippen LogP contribution in [0.25, 0.3) is 0 Å². The maximum Gasteiger partial charge on any atom is 0.305 e. The average Bonchev–Trinajstić information content (AvgIpc) is 2.76. The molecule has 0 aromatic carbocycles. The van der Waals surface area contributed by atoms with E-state index in [-0.39, 0.29) is 24.1 Å². The molecule has 100 valence electrons. The normalized spacial score (nSPS) is 12.1. The molecule has 1 aromatic heterocycles. The molecule has 7 heteroatoms. The Bertz CT molecular complexity index is 416. The molecule has 0 aliphatic rings. The Balaban J connectivity index is 2.59. The quantitative estimate of drug-likeness (QED) is 0.625. The molecule has 1 aromatic rings. The van der Waals surface area contributed by atoms with Gasteiger partial charge in [-0.3, -0.25) is 9.59 Å². The summed E-state index contributed by atoms with van der Waals surface area (Å²) in [4.78, 5) is 26.3. The number of nitrogens with two attached hydrogens (primary N) is 1. The van der Waals surface area contributed by atoms with Crippen molar-refractivity contribution in [2.75, 3.05) is 6.54 Å². The number of rotatable bonds is 7. The topological polar surface area (TPSA) is 110 Å². The van der Waals surface area contributed by atoms with Crippen molar-refractivity contribution >= 4 is 11.9 Å². The predicted molar refractivity (Wildman–Crippen MR) is 65.1 cm³/mol. The monoisotopic (exact) mass is 254 g/mol. The number of imidazole rings is 1. The number of nitrogens with one attached hydrogen (secondary N) is 1. The van der Waals surface area contributed by atoms with Crippen molar-refractivity contribution in [1.82, 2.24) is 14.9 Å². The molecule has 0 fully saturated rings. The molecule has 0 aliphatic heterocycles. The molecular weight excluding hydrogens is 236 g/mol. The van der Waals surface area contributed by atoms with E-state index in [1.165, 1.54) is 6.33 Å². The molecule has 0 aliphatic carbocycles. The van der Waals surface area contributed by atoms with Crippen molar-refractivity contribution in [2.24, 2.45) is 5.73 Å². The number of hydrogen-bond donors (Lipinski definition) is 3. The van der Waals surface area contributed by atoms with Crippen molar-refractivity contribution in [2.45, 2.75) is 32.4 Å². The van der Waals surface area contributed by atoms with Gasteiger partial charge in [0.1, 0.15) is 5.69 Å². The third kappa shape index (κ3) is 4.17. The number of carbonyl (C=O) groups excluding carboxylic acids is 1. The van der Waals surface area contributed by atoms with Gasteiger partial charge < -0.3 is 20.7 Å². The van der Waals surface area contributed by atoms with E-state index < -0.39 is 5.97 Å². The zero-order valence-electron chi connectivity index (χ0n) is 10.3. The third-order valence-electron chi connectivity index (χ3n) is 2.50. The van der Waals surface area contributed by atoms with Gasteiger partial charge in [-0.25, -0.2) is 4.98 Å². The Labute approximate surface area is 105 Å². The first-order valence-corrected chi connectivity index (χ1v) is 5.81. The van der Waals surface area contributed by atoms with Gasteiger partial charge in [0.2, 0.25) is 0 Å². The molecule has 0 saturated carbocycles. The highest BCUT2D eigenvalue weighted by molar-refractivity contribution is 5.92. The van der Waals surface area contributed by atoms with Crippen LogP contribution in [-0.2, 0) is 11.3 Å². The lowest BCUT2D eigenvalue weighted by Crippen LogP contribution is -2.36. The molecule has 7 nitrogen and oxygen atoms in total. The van der Waals surface area contributed by atoms with Crippen LogP contribution in [0.5, 0.6) is 0 Å². The first kappa shape index (κ1) is 14.2.